The highest BCUT2D eigenvalue weighted by Gasteiger charge is 2.52. The van der Waals surface area contributed by atoms with Crippen molar-refractivity contribution >= 4 is 11.8 Å². The molecule has 47 heavy (non-hydrogen) atoms. The van der Waals surface area contributed by atoms with Gasteiger partial charge in [-0.2, -0.15) is 0 Å². The third kappa shape index (κ3) is 12.3. The van der Waals surface area contributed by atoms with Gasteiger partial charge < -0.3 is 54.7 Å². The molecule has 268 valence electrons. The Hall–Kier alpha value is -2.30. The predicted molar refractivity (Wildman–Crippen MR) is 170 cm³/mol. The van der Waals surface area contributed by atoms with Gasteiger partial charge in [0.05, 0.1) is 13.2 Å². The smallest absolute Gasteiger partial charge is 0.319 e. The molecular weight excluding hydrogens is 616 g/mol. The van der Waals surface area contributed by atoms with Gasteiger partial charge in [0.2, 0.25) is 0 Å². The third-order valence-electron chi connectivity index (χ3n) is 8.18. The fourth-order valence-electron chi connectivity index (χ4n) is 4.96. The van der Waals surface area contributed by atoms with Crippen LogP contribution in [0.25, 0.3) is 0 Å². The van der Waals surface area contributed by atoms with Crippen molar-refractivity contribution in [1.29, 1.82) is 0 Å². The summed E-state index contributed by atoms with van der Waals surface area (Å²) in [5.74, 6) is -1.54. The largest absolute Gasteiger partial charge is 0.456 e. The molecule has 2 heterocycles. The van der Waals surface area contributed by atoms with Crippen molar-refractivity contribution in [2.24, 2.45) is 5.41 Å². The van der Waals surface area contributed by atoms with E-state index in [1.54, 1.807) is 6.08 Å². The van der Waals surface area contributed by atoms with Gasteiger partial charge in [0, 0.05) is 0 Å². The van der Waals surface area contributed by atoms with Gasteiger partial charge in [-0.3, -0.25) is 9.59 Å². The molecule has 13 nitrogen and oxygen atoms in total. The van der Waals surface area contributed by atoms with Gasteiger partial charge in [-0.1, -0.05) is 49.0 Å². The number of allylic oxidation sites excluding steroid dienone is 8. The minimum Gasteiger partial charge on any atom is -0.456 e. The van der Waals surface area contributed by atoms with Gasteiger partial charge in [-0.15, -0.1) is 0 Å². The molecule has 0 aromatic carbocycles. The summed E-state index contributed by atoms with van der Waals surface area (Å²) < 4.78 is 21.5. The van der Waals surface area contributed by atoms with Crippen molar-refractivity contribution in [1.82, 2.24) is 0 Å². The molecule has 0 spiro atoms. The molecule has 10 atom stereocenters. The lowest BCUT2D eigenvalue weighted by molar-refractivity contribution is -0.376. The highest BCUT2D eigenvalue weighted by Crippen LogP contribution is 2.31. The van der Waals surface area contributed by atoms with Crippen LogP contribution < -0.4 is 0 Å². The quantitative estimate of drug-likeness (QED) is 0.0257. The molecule has 0 radical (unpaired) electrons. The summed E-state index contributed by atoms with van der Waals surface area (Å²) in [4.78, 5) is 25.9. The van der Waals surface area contributed by atoms with Crippen molar-refractivity contribution in [3.63, 3.8) is 0 Å². The van der Waals surface area contributed by atoms with Crippen molar-refractivity contribution in [3.8, 4) is 0 Å². The number of unbranched alkanes of at least 4 members (excludes halogenated alkanes) is 6. The highest BCUT2D eigenvalue weighted by molar-refractivity contribution is 6.08. The second kappa shape index (κ2) is 20.9. The lowest BCUT2D eigenvalue weighted by atomic mass is 9.87. The average Bonchev–Trinajstić information content (AvgIpc) is 3.05. The Bertz CT molecular complexity index is 1050. The van der Waals surface area contributed by atoms with Crippen LogP contribution >= 0.6 is 0 Å². The van der Waals surface area contributed by atoms with E-state index in [1.165, 1.54) is 19.9 Å². The van der Waals surface area contributed by atoms with E-state index in [0.717, 1.165) is 44.9 Å². The summed E-state index contributed by atoms with van der Waals surface area (Å²) in [5.41, 5.74) is -1.66. The lowest BCUT2D eigenvalue weighted by Gasteiger charge is -2.45. The standard InChI is InChI=1S/C34H54O13/c1-4-5-6-7-8-9-10-11-12-13-14-15-16-17-18-19-24(37)34(2,3)33(43)46-30-23(21-36)45-32(29(42)27(30)40)47-31-28(41)26(39)25(38)22(20-35)44-31/h4-5,9-12,18-19,22-23,25-32,35-36,38-42H,6-8,13-17,20-21H2,1-3H3/b5-4+,10-9+,12-11+,19-18+/t22-,23-,25-,26+,27-,28-,29-,30-,31-,32-/m1/s1. The third-order valence-corrected chi connectivity index (χ3v) is 8.18. The molecule has 0 aromatic heterocycles. The molecule has 2 aliphatic rings. The molecule has 0 amide bonds. The molecule has 2 fully saturated rings. The summed E-state index contributed by atoms with van der Waals surface area (Å²) in [6.45, 7) is 3.22. The van der Waals surface area contributed by atoms with E-state index in [-0.39, 0.29) is 0 Å². The van der Waals surface area contributed by atoms with Crippen LogP contribution in [0, 0.1) is 5.41 Å². The van der Waals surface area contributed by atoms with Crippen molar-refractivity contribution in [3.05, 3.63) is 48.6 Å². The minimum atomic E-state index is -1.90. The number of ketones is 1. The van der Waals surface area contributed by atoms with Gasteiger partial charge in [0.1, 0.15) is 48.1 Å². The highest BCUT2D eigenvalue weighted by atomic mass is 16.8. The number of aliphatic hydroxyl groups is 7. The summed E-state index contributed by atoms with van der Waals surface area (Å²) >= 11 is 0. The zero-order valence-corrected chi connectivity index (χ0v) is 27.5. The Labute approximate surface area is 276 Å². The Morgan fingerprint density at radius 1 is 0.681 bits per heavy atom. The van der Waals surface area contributed by atoms with Crippen molar-refractivity contribution < 1.29 is 64.3 Å². The van der Waals surface area contributed by atoms with Crippen LogP contribution in [0.1, 0.15) is 72.1 Å². The van der Waals surface area contributed by atoms with Crippen LogP contribution in [0.3, 0.4) is 0 Å². The Kier molecular flexibility index (Phi) is 18.2. The molecule has 2 saturated heterocycles. The number of carbonyl (C=O) groups excluding carboxylic acids is 2. The zero-order valence-electron chi connectivity index (χ0n) is 27.5. The second-order valence-corrected chi connectivity index (χ2v) is 12.3. The van der Waals surface area contributed by atoms with Crippen LogP contribution in [0.15, 0.2) is 48.6 Å². The first-order chi connectivity index (χ1) is 22.4. The molecule has 0 aliphatic carbocycles. The fraction of sp³-hybridized carbons (Fsp3) is 0.706. The predicted octanol–water partition coefficient (Wildman–Crippen LogP) is 1.11. The number of carbonyl (C=O) groups is 2. The van der Waals surface area contributed by atoms with Crippen LogP contribution in [0.2, 0.25) is 0 Å². The Morgan fingerprint density at radius 3 is 1.81 bits per heavy atom. The van der Waals surface area contributed by atoms with Crippen LogP contribution in [-0.2, 0) is 28.5 Å². The number of esters is 1. The monoisotopic (exact) mass is 670 g/mol. The average molecular weight is 671 g/mol. The van der Waals surface area contributed by atoms with Gasteiger partial charge in [-0.25, -0.2) is 0 Å². The maximum absolute atomic E-state index is 13.0. The Morgan fingerprint density at radius 2 is 1.21 bits per heavy atom. The molecule has 0 aromatic rings. The molecule has 7 N–H and O–H groups in total. The van der Waals surface area contributed by atoms with Gasteiger partial charge in [0.25, 0.3) is 0 Å². The summed E-state index contributed by atoms with van der Waals surface area (Å²) in [6, 6.07) is 0. The molecular formula is C34H54O13. The van der Waals surface area contributed by atoms with Gasteiger partial charge >= 0.3 is 5.97 Å². The van der Waals surface area contributed by atoms with E-state index >= 15 is 0 Å². The summed E-state index contributed by atoms with van der Waals surface area (Å²) in [7, 11) is 0. The first kappa shape index (κ1) is 40.9. The topological polar surface area (TPSA) is 213 Å². The number of rotatable bonds is 19. The van der Waals surface area contributed by atoms with Crippen LogP contribution in [0.5, 0.6) is 0 Å². The van der Waals surface area contributed by atoms with Crippen LogP contribution in [0.4, 0.5) is 0 Å². The molecule has 13 heteroatoms. The number of hydrogen-bond donors (Lipinski definition) is 7. The van der Waals surface area contributed by atoms with E-state index in [2.05, 4.69) is 36.5 Å². The molecule has 0 bridgehead atoms. The van der Waals surface area contributed by atoms with Gasteiger partial charge in [-0.05, 0) is 71.8 Å². The van der Waals surface area contributed by atoms with E-state index in [9.17, 15) is 45.3 Å². The normalized spacial score (nSPS) is 32.2. The maximum atomic E-state index is 13.0. The van der Waals surface area contributed by atoms with E-state index in [0.29, 0.717) is 6.42 Å². The number of hydrogen-bond acceptors (Lipinski definition) is 13. The first-order valence-corrected chi connectivity index (χ1v) is 16.3. The number of aliphatic hydroxyl groups excluding tert-OH is 7. The summed E-state index contributed by atoms with van der Waals surface area (Å²) in [6.07, 6.45) is 6.71. The van der Waals surface area contributed by atoms with E-state index < -0.39 is 91.8 Å². The number of ether oxygens (including phenoxy) is 4. The molecule has 2 aliphatic heterocycles. The fourth-order valence-corrected chi connectivity index (χ4v) is 4.96. The SMILES string of the molecule is C/C=C/CCC/C=C/C=C/CCCCC/C=C/C(=O)C(C)(C)C(=O)O[C@H]1[C@H](O)[C@@H](O)[C@@H](O[C@H]2O[C@H](CO)[C@@H](O)[C@H](O)[C@H]2O)O[C@@H]1CO. The Balaban J connectivity index is 1.82. The van der Waals surface area contributed by atoms with E-state index in [1.807, 2.05) is 6.92 Å². The van der Waals surface area contributed by atoms with Crippen molar-refractivity contribution in [2.45, 2.75) is 134 Å². The first-order valence-electron chi connectivity index (χ1n) is 16.3. The summed E-state index contributed by atoms with van der Waals surface area (Å²) in [5, 5.41) is 70.8. The molecule has 0 saturated carbocycles. The molecule has 2 rings (SSSR count). The van der Waals surface area contributed by atoms with E-state index in [4.69, 9.17) is 18.9 Å². The molecule has 0 unspecified atom stereocenters. The van der Waals surface area contributed by atoms with Crippen molar-refractivity contribution in [2.75, 3.05) is 13.2 Å². The zero-order chi connectivity index (χ0) is 35.0. The maximum Gasteiger partial charge on any atom is 0.319 e. The lowest BCUT2D eigenvalue weighted by Crippen LogP contribution is -2.64. The van der Waals surface area contributed by atoms with Crippen LogP contribution in [-0.4, -0.2) is 122 Å². The van der Waals surface area contributed by atoms with Gasteiger partial charge in [0.15, 0.2) is 24.5 Å². The minimum absolute atomic E-state index is 0.529. The second-order valence-electron chi connectivity index (χ2n) is 12.3.